The van der Waals surface area contributed by atoms with Gasteiger partial charge in [0.05, 0.1) is 11.7 Å². The maximum Gasteiger partial charge on any atom is 0.257 e. The van der Waals surface area contributed by atoms with Gasteiger partial charge in [0, 0.05) is 37.4 Å². The molecule has 20 heavy (non-hydrogen) atoms. The Balaban J connectivity index is 2.21. The summed E-state index contributed by atoms with van der Waals surface area (Å²) >= 11 is 3.38. The van der Waals surface area contributed by atoms with Crippen LogP contribution in [0.15, 0.2) is 16.7 Å². The maximum atomic E-state index is 12.7. The number of ether oxygens (including phenoxy) is 1. The molecule has 0 bridgehead atoms. The number of pyridine rings is 1. The minimum Gasteiger partial charge on any atom is -0.380 e. The Kier molecular flexibility index (Phi) is 5.37. The minimum absolute atomic E-state index is 0.0106. The standard InChI is InChI=1S/C14H20BrN3O2/c1-3-16-13-12(7-10(15)8-17-13)14(19)18-6-4-5-11(9-18)20-2/h7-8,11H,3-6,9H2,1-2H3,(H,16,17). The van der Waals surface area contributed by atoms with Gasteiger partial charge >= 0.3 is 0 Å². The number of carbonyl (C=O) groups is 1. The molecule has 1 aromatic heterocycles. The van der Waals surface area contributed by atoms with Crippen molar-refractivity contribution >= 4 is 27.7 Å². The molecule has 1 atom stereocenters. The predicted octanol–water partition coefficient (Wildman–Crippen LogP) is 2.53. The molecule has 0 aromatic carbocycles. The molecule has 1 fully saturated rings. The van der Waals surface area contributed by atoms with Gasteiger partial charge in [0.1, 0.15) is 5.82 Å². The number of piperidine rings is 1. The molecule has 6 heteroatoms. The molecule has 1 amide bonds. The first-order valence-electron chi connectivity index (χ1n) is 6.87. The molecule has 1 saturated heterocycles. The summed E-state index contributed by atoms with van der Waals surface area (Å²) in [6.45, 7) is 4.14. The molecule has 0 saturated carbocycles. The number of likely N-dealkylation sites (tertiary alicyclic amines) is 1. The van der Waals surface area contributed by atoms with Crippen LogP contribution in [0.25, 0.3) is 0 Å². The number of aromatic nitrogens is 1. The molecule has 1 N–H and O–H groups in total. The lowest BCUT2D eigenvalue weighted by atomic mass is 10.1. The second-order valence-corrected chi connectivity index (χ2v) is 5.75. The van der Waals surface area contributed by atoms with Crippen molar-refractivity contribution < 1.29 is 9.53 Å². The first kappa shape index (κ1) is 15.3. The SMILES string of the molecule is CCNc1ncc(Br)cc1C(=O)N1CCCC(OC)C1. The quantitative estimate of drug-likeness (QED) is 0.914. The van der Waals surface area contributed by atoms with E-state index in [1.807, 2.05) is 17.9 Å². The number of nitrogens with zero attached hydrogens (tertiary/aromatic N) is 2. The van der Waals surface area contributed by atoms with Crippen LogP contribution in [-0.4, -0.2) is 48.6 Å². The van der Waals surface area contributed by atoms with E-state index in [4.69, 9.17) is 4.74 Å². The number of carbonyl (C=O) groups excluding carboxylic acids is 1. The van der Waals surface area contributed by atoms with E-state index in [0.29, 0.717) is 17.9 Å². The van der Waals surface area contributed by atoms with Gasteiger partial charge in [-0.15, -0.1) is 0 Å². The summed E-state index contributed by atoms with van der Waals surface area (Å²) in [6, 6.07) is 1.82. The number of halogens is 1. The zero-order valence-electron chi connectivity index (χ0n) is 11.9. The molecule has 1 aliphatic rings. The van der Waals surface area contributed by atoms with Crippen molar-refractivity contribution in [3.05, 3.63) is 22.3 Å². The molecule has 1 aliphatic heterocycles. The molecule has 1 aromatic rings. The smallest absolute Gasteiger partial charge is 0.257 e. The number of rotatable bonds is 4. The molecule has 5 nitrogen and oxygen atoms in total. The Hall–Kier alpha value is -1.14. The largest absolute Gasteiger partial charge is 0.380 e. The number of anilines is 1. The highest BCUT2D eigenvalue weighted by atomic mass is 79.9. The fourth-order valence-electron chi connectivity index (χ4n) is 2.40. The van der Waals surface area contributed by atoms with Crippen LogP contribution in [-0.2, 0) is 4.74 Å². The minimum atomic E-state index is 0.0106. The zero-order chi connectivity index (χ0) is 14.5. The average molecular weight is 342 g/mol. The summed E-state index contributed by atoms with van der Waals surface area (Å²) in [5.74, 6) is 0.650. The summed E-state index contributed by atoms with van der Waals surface area (Å²) in [5.41, 5.74) is 0.609. The summed E-state index contributed by atoms with van der Waals surface area (Å²) in [6.07, 6.45) is 3.82. The van der Waals surface area contributed by atoms with E-state index in [2.05, 4.69) is 26.2 Å². The molecule has 0 spiro atoms. The normalized spacial score (nSPS) is 18.9. The first-order valence-corrected chi connectivity index (χ1v) is 7.66. The fourth-order valence-corrected chi connectivity index (χ4v) is 2.73. The molecule has 2 heterocycles. The Bertz CT molecular complexity index is 481. The maximum absolute atomic E-state index is 12.7. The van der Waals surface area contributed by atoms with Crippen LogP contribution >= 0.6 is 15.9 Å². The van der Waals surface area contributed by atoms with Gasteiger partial charge in [-0.25, -0.2) is 4.98 Å². The van der Waals surface area contributed by atoms with Gasteiger partial charge in [-0.2, -0.15) is 0 Å². The van der Waals surface area contributed by atoms with E-state index >= 15 is 0 Å². The van der Waals surface area contributed by atoms with Gasteiger partial charge in [0.2, 0.25) is 0 Å². The van der Waals surface area contributed by atoms with Crippen LogP contribution in [0.4, 0.5) is 5.82 Å². The predicted molar refractivity (Wildman–Crippen MR) is 82.0 cm³/mol. The second-order valence-electron chi connectivity index (χ2n) is 4.83. The third-order valence-electron chi connectivity index (χ3n) is 3.43. The third kappa shape index (κ3) is 3.49. The average Bonchev–Trinajstić information content (AvgIpc) is 2.48. The van der Waals surface area contributed by atoms with E-state index in [-0.39, 0.29) is 12.0 Å². The molecule has 0 radical (unpaired) electrons. The molecule has 2 rings (SSSR count). The third-order valence-corrected chi connectivity index (χ3v) is 3.86. The molecular formula is C14H20BrN3O2. The number of nitrogens with one attached hydrogen (secondary N) is 1. The topological polar surface area (TPSA) is 54.5 Å². The number of hydrogen-bond donors (Lipinski definition) is 1. The Morgan fingerprint density at radius 3 is 3.15 bits per heavy atom. The Labute approximate surface area is 127 Å². The van der Waals surface area contributed by atoms with E-state index < -0.39 is 0 Å². The Morgan fingerprint density at radius 2 is 2.45 bits per heavy atom. The fraction of sp³-hybridized carbons (Fsp3) is 0.571. The number of hydrogen-bond acceptors (Lipinski definition) is 4. The number of amides is 1. The first-order chi connectivity index (χ1) is 9.65. The Morgan fingerprint density at radius 1 is 1.65 bits per heavy atom. The molecule has 1 unspecified atom stereocenters. The summed E-state index contributed by atoms with van der Waals surface area (Å²) in [5, 5.41) is 3.14. The van der Waals surface area contributed by atoms with Gasteiger partial charge < -0.3 is 15.0 Å². The van der Waals surface area contributed by atoms with Crippen molar-refractivity contribution in [2.24, 2.45) is 0 Å². The van der Waals surface area contributed by atoms with Crippen LogP contribution in [0, 0.1) is 0 Å². The zero-order valence-corrected chi connectivity index (χ0v) is 13.4. The highest BCUT2D eigenvalue weighted by molar-refractivity contribution is 9.10. The molecular weight excluding hydrogens is 322 g/mol. The van der Waals surface area contributed by atoms with E-state index in [0.717, 1.165) is 30.4 Å². The summed E-state index contributed by atoms with van der Waals surface area (Å²) in [4.78, 5) is 18.8. The van der Waals surface area contributed by atoms with Gasteiger partial charge in [-0.1, -0.05) is 0 Å². The van der Waals surface area contributed by atoms with Gasteiger partial charge in [0.15, 0.2) is 0 Å². The monoisotopic (exact) mass is 341 g/mol. The second kappa shape index (κ2) is 7.04. The van der Waals surface area contributed by atoms with Crippen molar-refractivity contribution in [2.75, 3.05) is 32.1 Å². The highest BCUT2D eigenvalue weighted by Gasteiger charge is 2.26. The molecule has 0 aliphatic carbocycles. The van der Waals surface area contributed by atoms with Crippen molar-refractivity contribution in [3.63, 3.8) is 0 Å². The van der Waals surface area contributed by atoms with Crippen molar-refractivity contribution in [2.45, 2.75) is 25.9 Å². The van der Waals surface area contributed by atoms with Crippen LogP contribution in [0.2, 0.25) is 0 Å². The number of methoxy groups -OCH3 is 1. The van der Waals surface area contributed by atoms with Crippen molar-refractivity contribution in [1.29, 1.82) is 0 Å². The van der Waals surface area contributed by atoms with Gasteiger partial charge in [-0.05, 0) is 41.8 Å². The van der Waals surface area contributed by atoms with E-state index in [1.165, 1.54) is 0 Å². The molecule has 110 valence electrons. The van der Waals surface area contributed by atoms with E-state index in [9.17, 15) is 4.79 Å². The van der Waals surface area contributed by atoms with Crippen LogP contribution in [0.1, 0.15) is 30.1 Å². The van der Waals surface area contributed by atoms with Crippen LogP contribution < -0.4 is 5.32 Å². The van der Waals surface area contributed by atoms with Gasteiger partial charge in [0.25, 0.3) is 5.91 Å². The summed E-state index contributed by atoms with van der Waals surface area (Å²) in [7, 11) is 1.70. The van der Waals surface area contributed by atoms with Crippen LogP contribution in [0.5, 0.6) is 0 Å². The summed E-state index contributed by atoms with van der Waals surface area (Å²) < 4.78 is 6.18. The van der Waals surface area contributed by atoms with Crippen molar-refractivity contribution in [3.8, 4) is 0 Å². The van der Waals surface area contributed by atoms with Crippen LogP contribution in [0.3, 0.4) is 0 Å². The highest BCUT2D eigenvalue weighted by Crippen LogP contribution is 2.22. The lowest BCUT2D eigenvalue weighted by molar-refractivity contribution is 0.0269. The van der Waals surface area contributed by atoms with Crippen molar-refractivity contribution in [1.82, 2.24) is 9.88 Å². The lowest BCUT2D eigenvalue weighted by Crippen LogP contribution is -2.43. The lowest BCUT2D eigenvalue weighted by Gasteiger charge is -2.32. The van der Waals surface area contributed by atoms with Gasteiger partial charge in [-0.3, -0.25) is 4.79 Å². The van der Waals surface area contributed by atoms with E-state index in [1.54, 1.807) is 13.3 Å².